The fourth-order valence-electron chi connectivity index (χ4n) is 0.204. The Morgan fingerprint density at radius 2 is 1.36 bits per heavy atom. The topological polar surface area (TPSA) is 72.4 Å². The van der Waals surface area contributed by atoms with Crippen LogP contribution in [-0.4, -0.2) is 19.4 Å². The summed E-state index contributed by atoms with van der Waals surface area (Å²) in [6.07, 6.45) is -2.33. The molecule has 0 spiro atoms. The Kier molecular flexibility index (Phi) is 45.9. The molecule has 56 valence electrons. The largest absolute Gasteiger partial charge is 1.00 e. The van der Waals surface area contributed by atoms with Gasteiger partial charge < -0.3 is 19.7 Å². The zero-order valence-electron chi connectivity index (χ0n) is 7.55. The summed E-state index contributed by atoms with van der Waals surface area (Å²) in [7, 11) is 0. The summed E-state index contributed by atoms with van der Waals surface area (Å²) < 4.78 is 4.83. The minimum atomic E-state index is -2.33. The zero-order valence-corrected chi connectivity index (χ0v) is 7.55. The molecule has 0 atom stereocenters. The van der Waals surface area contributed by atoms with Crippen molar-refractivity contribution in [3.63, 3.8) is 0 Å². The number of hydrogen-bond donors (Lipinski definition) is 0. The average molecular weight is 148 g/mol. The average Bonchev–Trinajstić information content (AvgIpc) is 1.66. The van der Waals surface area contributed by atoms with Crippen LogP contribution in [0, 0.1) is 0 Å². The van der Waals surface area contributed by atoms with Crippen molar-refractivity contribution in [1.29, 1.82) is 0 Å². The van der Waals surface area contributed by atoms with Gasteiger partial charge in [-0.1, -0.05) is 0 Å². The van der Waals surface area contributed by atoms with Crippen molar-refractivity contribution in [3.8, 4) is 0 Å². The van der Waals surface area contributed by atoms with Gasteiger partial charge >= 0.3 is 37.7 Å². The van der Waals surface area contributed by atoms with Crippen LogP contribution in [0.2, 0.25) is 0 Å². The molecule has 0 N–H and O–H groups in total. The van der Waals surface area contributed by atoms with Gasteiger partial charge in [0.2, 0.25) is 0 Å². The van der Waals surface area contributed by atoms with Crippen molar-refractivity contribution in [2.24, 2.45) is 0 Å². The van der Waals surface area contributed by atoms with Gasteiger partial charge in [-0.05, 0) is 20.0 Å². The Balaban J connectivity index is -0.0000000383. The van der Waals surface area contributed by atoms with Gasteiger partial charge in [0.15, 0.2) is 0 Å². The molecular formula is C5H10Li2O4. The standard InChI is InChI=1S/C4H10O.CH2O3.2Li/c1-3-5-4-2;2-1(3)4;;/h3-4H2,1-2H3;(H2,2,3,4);;/q;;2*+1/p-2. The molecule has 6 heteroatoms. The van der Waals surface area contributed by atoms with E-state index in [1.807, 2.05) is 13.8 Å². The van der Waals surface area contributed by atoms with Gasteiger partial charge in [-0.25, -0.2) is 0 Å². The van der Waals surface area contributed by atoms with Crippen LogP contribution in [0.4, 0.5) is 4.79 Å². The van der Waals surface area contributed by atoms with Crippen LogP contribution in [0.25, 0.3) is 0 Å². The maximum atomic E-state index is 8.33. The summed E-state index contributed by atoms with van der Waals surface area (Å²) in [5.74, 6) is 0. The molecule has 0 amide bonds. The van der Waals surface area contributed by atoms with Crippen molar-refractivity contribution < 1.29 is 57.5 Å². The molecule has 0 radical (unpaired) electrons. The monoisotopic (exact) mass is 148 g/mol. The van der Waals surface area contributed by atoms with Crippen LogP contribution in [0.5, 0.6) is 0 Å². The van der Waals surface area contributed by atoms with Crippen LogP contribution >= 0.6 is 0 Å². The van der Waals surface area contributed by atoms with Crippen molar-refractivity contribution in [3.05, 3.63) is 0 Å². The Morgan fingerprint density at radius 1 is 1.18 bits per heavy atom. The normalized spacial score (nSPS) is 6.00. The van der Waals surface area contributed by atoms with E-state index in [4.69, 9.17) is 19.7 Å². The minimum absolute atomic E-state index is 0. The van der Waals surface area contributed by atoms with Gasteiger partial charge in [-0.15, -0.1) is 0 Å². The van der Waals surface area contributed by atoms with E-state index in [0.717, 1.165) is 13.2 Å². The predicted molar refractivity (Wildman–Crippen MR) is 27.6 cm³/mol. The summed E-state index contributed by atoms with van der Waals surface area (Å²) in [6.45, 7) is 5.67. The summed E-state index contributed by atoms with van der Waals surface area (Å²) in [4.78, 5) is 8.33. The molecule has 0 bridgehead atoms. The van der Waals surface area contributed by atoms with Crippen LogP contribution < -0.4 is 47.9 Å². The first kappa shape index (κ1) is 22.5. The van der Waals surface area contributed by atoms with E-state index in [1.54, 1.807) is 0 Å². The van der Waals surface area contributed by atoms with E-state index >= 15 is 0 Å². The van der Waals surface area contributed by atoms with Gasteiger partial charge in [0.05, 0.1) is 0 Å². The molecule has 4 nitrogen and oxygen atoms in total. The van der Waals surface area contributed by atoms with E-state index in [2.05, 4.69) is 0 Å². The Hall–Kier alpha value is 0.425. The molecule has 0 heterocycles. The first-order valence-corrected chi connectivity index (χ1v) is 2.60. The van der Waals surface area contributed by atoms with Crippen molar-refractivity contribution >= 4 is 6.16 Å². The van der Waals surface area contributed by atoms with Gasteiger partial charge in [0, 0.05) is 13.2 Å². The Labute approximate surface area is 90.7 Å². The number of hydrogen-bond acceptors (Lipinski definition) is 4. The van der Waals surface area contributed by atoms with Crippen LogP contribution in [-0.2, 0) is 4.74 Å². The maximum absolute atomic E-state index is 8.33. The third-order valence-electron chi connectivity index (χ3n) is 0.408. The van der Waals surface area contributed by atoms with Gasteiger partial charge in [0.1, 0.15) is 0 Å². The summed E-state index contributed by atoms with van der Waals surface area (Å²) in [5, 5.41) is 16.7. The Morgan fingerprint density at radius 3 is 1.36 bits per heavy atom. The van der Waals surface area contributed by atoms with E-state index in [-0.39, 0.29) is 37.7 Å². The second-order valence-electron chi connectivity index (χ2n) is 1.03. The van der Waals surface area contributed by atoms with Gasteiger partial charge in [-0.2, -0.15) is 0 Å². The number of carbonyl (C=O) groups excluding carboxylic acids is 1. The minimum Gasteiger partial charge on any atom is -0.652 e. The zero-order chi connectivity index (χ0) is 7.70. The summed E-state index contributed by atoms with van der Waals surface area (Å²) in [6, 6.07) is 0. The van der Waals surface area contributed by atoms with Gasteiger partial charge in [-0.3, -0.25) is 0 Å². The molecule has 0 saturated heterocycles. The van der Waals surface area contributed by atoms with Crippen molar-refractivity contribution in [1.82, 2.24) is 0 Å². The molecule has 0 aliphatic rings. The summed E-state index contributed by atoms with van der Waals surface area (Å²) in [5.41, 5.74) is 0. The van der Waals surface area contributed by atoms with Crippen LogP contribution in [0.15, 0.2) is 0 Å². The third kappa shape index (κ3) is 126. The molecule has 0 fully saturated rings. The second kappa shape index (κ2) is 22.4. The SMILES string of the molecule is CCOCC.O=C([O-])[O-].[Li+].[Li+]. The van der Waals surface area contributed by atoms with Crippen molar-refractivity contribution in [2.45, 2.75) is 13.8 Å². The number of carbonyl (C=O) groups is 1. The molecular weight excluding hydrogens is 138 g/mol. The molecule has 0 aromatic heterocycles. The number of carboxylic acid groups (broad SMARTS) is 2. The second-order valence-corrected chi connectivity index (χ2v) is 1.03. The fourth-order valence-corrected chi connectivity index (χ4v) is 0.204. The van der Waals surface area contributed by atoms with Crippen molar-refractivity contribution in [2.75, 3.05) is 13.2 Å². The molecule has 0 aliphatic carbocycles. The molecule has 0 unspecified atom stereocenters. The van der Waals surface area contributed by atoms with Crippen LogP contribution in [0.3, 0.4) is 0 Å². The number of rotatable bonds is 2. The van der Waals surface area contributed by atoms with Crippen LogP contribution in [0.1, 0.15) is 13.8 Å². The van der Waals surface area contributed by atoms with E-state index < -0.39 is 6.16 Å². The van der Waals surface area contributed by atoms with E-state index in [1.165, 1.54) is 0 Å². The molecule has 0 aliphatic heterocycles. The predicted octanol–water partition coefficient (Wildman–Crippen LogP) is -7.40. The quantitative estimate of drug-likeness (QED) is 0.364. The molecule has 0 saturated carbocycles. The van der Waals surface area contributed by atoms with E-state index in [0.29, 0.717) is 0 Å². The smallest absolute Gasteiger partial charge is 0.652 e. The molecule has 0 aromatic carbocycles. The summed E-state index contributed by atoms with van der Waals surface area (Å²) >= 11 is 0. The first-order valence-electron chi connectivity index (χ1n) is 2.60. The first-order chi connectivity index (χ1) is 4.15. The third-order valence-corrected chi connectivity index (χ3v) is 0.408. The number of ether oxygens (including phenoxy) is 1. The molecule has 0 rings (SSSR count). The van der Waals surface area contributed by atoms with E-state index in [9.17, 15) is 0 Å². The maximum Gasteiger partial charge on any atom is 1.00 e. The Bertz CT molecular complexity index is 63.5. The van der Waals surface area contributed by atoms with Gasteiger partial charge in [0.25, 0.3) is 0 Å². The molecule has 11 heavy (non-hydrogen) atoms. The molecule has 0 aromatic rings. The fraction of sp³-hybridized carbons (Fsp3) is 0.800.